The molecule has 10 heteroatoms. The first-order chi connectivity index (χ1) is 18.7. The number of Topliss-reactive ketones (excluding diaryl/α,β-unsaturated/α-hetero) is 2. The smallest absolute Gasteiger partial charge is 0.301 e. The van der Waals surface area contributed by atoms with Gasteiger partial charge in [0.1, 0.15) is 5.76 Å². The van der Waals surface area contributed by atoms with Crippen LogP contribution in [0.3, 0.4) is 0 Å². The average Bonchev–Trinajstić information content (AvgIpc) is 3.42. The van der Waals surface area contributed by atoms with Crippen LogP contribution in [0.4, 0.5) is 5.13 Å². The Labute approximate surface area is 235 Å². The van der Waals surface area contributed by atoms with Crippen molar-refractivity contribution in [2.75, 3.05) is 18.1 Å². The highest BCUT2D eigenvalue weighted by atomic mass is 35.5. The van der Waals surface area contributed by atoms with E-state index in [0.29, 0.717) is 51.4 Å². The molecule has 1 unspecified atom stereocenters. The highest BCUT2D eigenvalue weighted by molar-refractivity contribution is 7.18. The maximum atomic E-state index is 13.5. The van der Waals surface area contributed by atoms with Gasteiger partial charge in [0, 0.05) is 17.5 Å². The Hall–Kier alpha value is -3.69. The van der Waals surface area contributed by atoms with Crippen molar-refractivity contribution < 1.29 is 29.0 Å². The third-order valence-electron chi connectivity index (χ3n) is 6.21. The highest BCUT2D eigenvalue weighted by Gasteiger charge is 2.48. The zero-order valence-electron chi connectivity index (χ0n) is 22.1. The Morgan fingerprint density at radius 2 is 1.82 bits per heavy atom. The van der Waals surface area contributed by atoms with Gasteiger partial charge in [-0.15, -0.1) is 0 Å². The van der Waals surface area contributed by atoms with Crippen molar-refractivity contribution in [2.45, 2.75) is 46.6 Å². The second-order valence-corrected chi connectivity index (χ2v) is 10.4. The molecule has 3 aromatic rings. The molecule has 8 nitrogen and oxygen atoms in total. The molecule has 1 saturated heterocycles. The third-order valence-corrected chi connectivity index (χ3v) is 7.72. The minimum Gasteiger partial charge on any atom is -0.507 e. The van der Waals surface area contributed by atoms with Gasteiger partial charge in [-0.3, -0.25) is 19.3 Å². The number of carbonyl (C=O) groups excluding carboxylic acids is 3. The van der Waals surface area contributed by atoms with Crippen molar-refractivity contribution in [2.24, 2.45) is 0 Å². The summed E-state index contributed by atoms with van der Waals surface area (Å²) in [7, 11) is 0. The van der Waals surface area contributed by atoms with Gasteiger partial charge >= 0.3 is 5.91 Å². The number of thiazole rings is 1. The minimum absolute atomic E-state index is 0.110. The fourth-order valence-corrected chi connectivity index (χ4v) is 5.44. The predicted molar refractivity (Wildman–Crippen MR) is 151 cm³/mol. The van der Waals surface area contributed by atoms with Gasteiger partial charge in [-0.25, -0.2) is 4.98 Å². The summed E-state index contributed by atoms with van der Waals surface area (Å²) in [6.45, 7) is 7.88. The number of rotatable bonds is 10. The van der Waals surface area contributed by atoms with Crippen LogP contribution in [0.2, 0.25) is 5.02 Å². The average molecular weight is 569 g/mol. The Morgan fingerprint density at radius 3 is 2.44 bits per heavy atom. The first-order valence-electron chi connectivity index (χ1n) is 12.6. The third kappa shape index (κ3) is 5.69. The molecule has 0 saturated carbocycles. The number of aryl methyl sites for hydroxylation is 1. The minimum atomic E-state index is -1.03. The van der Waals surface area contributed by atoms with Crippen LogP contribution in [0, 0.1) is 6.92 Å². The van der Waals surface area contributed by atoms with Crippen molar-refractivity contribution in [1.29, 1.82) is 0 Å². The van der Waals surface area contributed by atoms with Crippen molar-refractivity contribution >= 4 is 51.3 Å². The number of hydrogen-bond donors (Lipinski definition) is 1. The van der Waals surface area contributed by atoms with Crippen LogP contribution in [0.1, 0.15) is 66.1 Å². The summed E-state index contributed by atoms with van der Waals surface area (Å²) in [5.74, 6) is -1.29. The largest absolute Gasteiger partial charge is 0.507 e. The molecular formula is C29H29ClN2O6S. The molecule has 1 aliphatic heterocycles. The molecule has 2 heterocycles. The molecule has 1 atom stereocenters. The molecule has 204 valence electrons. The van der Waals surface area contributed by atoms with Gasteiger partial charge in [0.2, 0.25) is 0 Å². The number of carbonyl (C=O) groups is 3. The quantitative estimate of drug-likeness (QED) is 0.0976. The molecule has 1 N–H and O–H groups in total. The lowest BCUT2D eigenvalue weighted by Gasteiger charge is -2.24. The summed E-state index contributed by atoms with van der Waals surface area (Å²) in [6.07, 6.45) is 1.84. The number of halogens is 1. The number of nitrogens with zero attached hydrogens (tertiary/aromatic N) is 2. The summed E-state index contributed by atoms with van der Waals surface area (Å²) in [4.78, 5) is 45.1. The van der Waals surface area contributed by atoms with E-state index in [4.69, 9.17) is 21.1 Å². The number of hydrogen-bond acceptors (Lipinski definition) is 8. The van der Waals surface area contributed by atoms with E-state index >= 15 is 0 Å². The van der Waals surface area contributed by atoms with Gasteiger partial charge in [0.15, 0.2) is 22.4 Å². The molecule has 1 fully saturated rings. The van der Waals surface area contributed by atoms with E-state index in [-0.39, 0.29) is 22.2 Å². The lowest BCUT2D eigenvalue weighted by Crippen LogP contribution is -2.29. The molecular weight excluding hydrogens is 540 g/mol. The first-order valence-corrected chi connectivity index (χ1v) is 13.8. The van der Waals surface area contributed by atoms with Crippen LogP contribution in [0.15, 0.2) is 48.0 Å². The molecule has 0 radical (unpaired) electrons. The fraction of sp³-hybridized carbons (Fsp3) is 0.310. The summed E-state index contributed by atoms with van der Waals surface area (Å²) in [5, 5.41) is 12.0. The van der Waals surface area contributed by atoms with E-state index in [1.54, 1.807) is 49.4 Å². The number of ketones is 2. The zero-order chi connectivity index (χ0) is 28.3. The van der Waals surface area contributed by atoms with E-state index in [0.717, 1.165) is 24.2 Å². The van der Waals surface area contributed by atoms with Gasteiger partial charge in [0.25, 0.3) is 5.78 Å². The second kappa shape index (κ2) is 12.0. The second-order valence-electron chi connectivity index (χ2n) is 8.98. The van der Waals surface area contributed by atoms with Crippen LogP contribution in [0.5, 0.6) is 11.5 Å². The SMILES string of the molecule is CCCCOc1ccc(C2/C(=C(\O)c3ccc(Cl)cc3)C(=O)C(=O)N2c2nc(C)c(C(C)=O)s2)cc1OCC. The van der Waals surface area contributed by atoms with Gasteiger partial charge in [-0.05, 0) is 62.2 Å². The standard InChI is InChI=1S/C29H29ClN2O6S/c1-5-7-14-38-21-13-10-19(15-22(21)37-6-2)24-23(25(34)18-8-11-20(30)12-9-18)26(35)28(36)32(24)29-31-16(3)27(39-29)17(4)33/h8-13,15,24,34H,5-7,14H2,1-4H3/b25-23+. The van der Waals surface area contributed by atoms with Crippen molar-refractivity contribution in [3.05, 3.63) is 74.8 Å². The van der Waals surface area contributed by atoms with Gasteiger partial charge in [0.05, 0.1) is 35.4 Å². The normalized spacial score (nSPS) is 16.5. The Balaban J connectivity index is 1.92. The molecule has 0 bridgehead atoms. The highest BCUT2D eigenvalue weighted by Crippen LogP contribution is 2.45. The first kappa shape index (κ1) is 28.3. The van der Waals surface area contributed by atoms with Crippen LogP contribution < -0.4 is 14.4 Å². The lowest BCUT2D eigenvalue weighted by molar-refractivity contribution is -0.132. The molecule has 0 spiro atoms. The van der Waals surface area contributed by atoms with E-state index in [9.17, 15) is 19.5 Å². The van der Waals surface area contributed by atoms with E-state index < -0.39 is 17.7 Å². The number of unbranched alkanes of at least 4 members (excludes halogenated alkanes) is 1. The van der Waals surface area contributed by atoms with Crippen LogP contribution in [-0.2, 0) is 9.59 Å². The molecule has 39 heavy (non-hydrogen) atoms. The van der Waals surface area contributed by atoms with E-state index in [1.807, 2.05) is 6.92 Å². The maximum absolute atomic E-state index is 13.5. The molecule has 4 rings (SSSR count). The Morgan fingerprint density at radius 1 is 1.10 bits per heavy atom. The van der Waals surface area contributed by atoms with Crippen LogP contribution >= 0.6 is 22.9 Å². The fourth-order valence-electron chi connectivity index (χ4n) is 4.33. The topological polar surface area (TPSA) is 106 Å². The van der Waals surface area contributed by atoms with Gasteiger partial charge in [-0.2, -0.15) is 0 Å². The monoisotopic (exact) mass is 568 g/mol. The number of ether oxygens (including phenoxy) is 2. The Kier molecular flexibility index (Phi) is 8.72. The van der Waals surface area contributed by atoms with Crippen molar-refractivity contribution in [1.82, 2.24) is 4.98 Å². The molecule has 2 aromatic carbocycles. The lowest BCUT2D eigenvalue weighted by atomic mass is 9.95. The number of amides is 1. The molecule has 1 aromatic heterocycles. The molecule has 0 aliphatic carbocycles. The summed E-state index contributed by atoms with van der Waals surface area (Å²) in [5.41, 5.74) is 1.18. The molecule has 1 aliphatic rings. The van der Waals surface area contributed by atoms with Crippen molar-refractivity contribution in [3.63, 3.8) is 0 Å². The van der Waals surface area contributed by atoms with E-state index in [2.05, 4.69) is 11.9 Å². The number of aromatic nitrogens is 1. The molecule has 1 amide bonds. The van der Waals surface area contributed by atoms with Gasteiger partial charge in [-0.1, -0.05) is 42.3 Å². The predicted octanol–water partition coefficient (Wildman–Crippen LogP) is 6.51. The number of aliphatic hydroxyl groups is 1. The maximum Gasteiger partial charge on any atom is 0.301 e. The summed E-state index contributed by atoms with van der Waals surface area (Å²) >= 11 is 7.04. The van der Waals surface area contributed by atoms with Crippen LogP contribution in [0.25, 0.3) is 5.76 Å². The zero-order valence-corrected chi connectivity index (χ0v) is 23.7. The Bertz CT molecular complexity index is 1450. The van der Waals surface area contributed by atoms with Gasteiger partial charge < -0.3 is 14.6 Å². The summed E-state index contributed by atoms with van der Waals surface area (Å²) < 4.78 is 11.8. The number of aliphatic hydroxyl groups excluding tert-OH is 1. The number of benzene rings is 2. The number of anilines is 1. The summed E-state index contributed by atoms with van der Waals surface area (Å²) in [6, 6.07) is 10.4. The van der Waals surface area contributed by atoms with Crippen LogP contribution in [-0.4, -0.2) is 40.8 Å². The van der Waals surface area contributed by atoms with E-state index in [1.165, 1.54) is 11.8 Å². The van der Waals surface area contributed by atoms with Crippen molar-refractivity contribution in [3.8, 4) is 11.5 Å².